The standard InChI is InChI=1S/C44H52FN7O3.C38H39FN6O4.C6H13N/c1-3-40-37(41(50-35-18-20-55-21-19-35)38-28-49-52(4-2)42(38)51-40)27-48-44(54)33-13-9-12-32(24-33)43(53)47-26-30-16-17-39(45)36(23-30)31-11-8-10-29(22-31)25-46-34-14-6-5-7-15-34;1-3-34-31(35(43-29-13-15-49-16-14-29)32-22-42-45(4-2)36(32)44-34)21-41-38(48)28-10-6-9-27(19-28)37(47)40-20-24-11-12-33(39)30(18-24)26-8-5-7-25(17-26)23-46;7-6-4-2-1-3-5-6/h8-13,16-17,22-24,28,34-35,46H,3-7,14-15,18-21,25-27H2,1-2H3,(H,47,53)(H,48,54)(H,50,51);5-12,17-19,22-23,29H,3-4,13-16,20-21H2,1-2H3,(H,40,47)(H,41,48)(H,43,44);6H,1-5,7H2. The first kappa shape index (κ1) is 79.9. The third-order valence-electron chi connectivity index (χ3n) is 21.4. The van der Waals surface area contributed by atoms with Crippen molar-refractivity contribution in [3.8, 4) is 22.3 Å². The van der Waals surface area contributed by atoms with Crippen LogP contribution in [0.3, 0.4) is 0 Å². The molecular formula is C88H104F2N14O7. The van der Waals surface area contributed by atoms with Crippen molar-refractivity contribution in [2.45, 2.75) is 200 Å². The monoisotopic (exact) mass is 1510 g/mol. The van der Waals surface area contributed by atoms with E-state index in [4.69, 9.17) is 25.2 Å². The molecule has 10 aromatic rings. The molecule has 23 heteroatoms. The second-order valence-corrected chi connectivity index (χ2v) is 29.1. The Morgan fingerprint density at radius 3 is 1.31 bits per heavy atom. The lowest BCUT2D eigenvalue weighted by Crippen LogP contribution is -2.30. The molecule has 0 bridgehead atoms. The number of carbonyl (C=O) groups is 5. The predicted octanol–water partition coefficient (Wildman–Crippen LogP) is 15.1. The van der Waals surface area contributed by atoms with Crippen LogP contribution in [0.15, 0.2) is 146 Å². The van der Waals surface area contributed by atoms with Crippen molar-refractivity contribution in [3.63, 3.8) is 0 Å². The lowest BCUT2D eigenvalue weighted by molar-refractivity contribution is 0.0903. The number of nitrogens with zero attached hydrogens (tertiary/aromatic N) is 6. The van der Waals surface area contributed by atoms with E-state index in [1.54, 1.807) is 97.1 Å². The maximum absolute atomic E-state index is 15.1. The van der Waals surface area contributed by atoms with Crippen LogP contribution in [0, 0.1) is 11.6 Å². The number of pyridine rings is 2. The molecule has 111 heavy (non-hydrogen) atoms. The van der Waals surface area contributed by atoms with E-state index in [2.05, 4.69) is 60.4 Å². The summed E-state index contributed by atoms with van der Waals surface area (Å²) in [6.07, 6.45) is 22.2. The molecule has 582 valence electrons. The Labute approximate surface area is 648 Å². The molecule has 2 saturated carbocycles. The zero-order valence-electron chi connectivity index (χ0n) is 64.2. The fourth-order valence-corrected chi connectivity index (χ4v) is 15.1. The van der Waals surface area contributed by atoms with E-state index in [-0.39, 0.29) is 67.7 Å². The van der Waals surface area contributed by atoms with Crippen LogP contribution in [0.25, 0.3) is 44.3 Å². The van der Waals surface area contributed by atoms with Gasteiger partial charge in [0.2, 0.25) is 0 Å². The van der Waals surface area contributed by atoms with E-state index in [9.17, 15) is 28.4 Å². The summed E-state index contributed by atoms with van der Waals surface area (Å²) in [5, 5.41) is 34.1. The van der Waals surface area contributed by atoms with Crippen molar-refractivity contribution in [1.82, 2.24) is 56.1 Å². The van der Waals surface area contributed by atoms with Crippen LogP contribution in [-0.2, 0) is 68.1 Å². The highest BCUT2D eigenvalue weighted by Crippen LogP contribution is 2.35. The lowest BCUT2D eigenvalue weighted by Gasteiger charge is -2.26. The fourth-order valence-electron chi connectivity index (χ4n) is 15.1. The number of carbonyl (C=O) groups excluding carboxylic acids is 5. The van der Waals surface area contributed by atoms with Gasteiger partial charge < -0.3 is 52.4 Å². The molecule has 4 aromatic heterocycles. The minimum absolute atomic E-state index is 0.142. The van der Waals surface area contributed by atoms with Crippen molar-refractivity contribution in [1.29, 1.82) is 0 Å². The molecule has 0 atom stereocenters. The lowest BCUT2D eigenvalue weighted by atomic mass is 9.95. The summed E-state index contributed by atoms with van der Waals surface area (Å²) in [5.41, 5.74) is 19.4. The number of hydrogen-bond donors (Lipinski definition) is 8. The SMILES string of the molecule is CCc1nc2c(cnn2CC)c(NC2CCOCC2)c1CNC(=O)c1cccc(C(=O)NCc2ccc(F)c(-c3cccc(C=O)c3)c2)c1.CCc1nc2c(cnn2CC)c(NC2CCOCC2)c1CNC(=O)c1cccc(C(=O)NCc2ccc(F)c(-c3cccc(CNC4CCCCC4)c3)c2)c1.NC1CCCCC1. The summed E-state index contributed by atoms with van der Waals surface area (Å²) in [7, 11) is 0. The van der Waals surface area contributed by atoms with Crippen molar-refractivity contribution in [2.75, 3.05) is 37.1 Å². The molecule has 6 heterocycles. The number of fused-ring (bicyclic) bond motifs is 2. The third kappa shape index (κ3) is 20.9. The van der Waals surface area contributed by atoms with Gasteiger partial charge in [0, 0.05) is 158 Å². The number of halogens is 2. The number of nitrogens with two attached hydrogens (primary N) is 1. The zero-order valence-corrected chi connectivity index (χ0v) is 64.2. The summed E-state index contributed by atoms with van der Waals surface area (Å²) in [5.74, 6) is -2.05. The molecule has 14 rings (SSSR count). The van der Waals surface area contributed by atoms with Gasteiger partial charge in [-0.25, -0.2) is 28.1 Å². The van der Waals surface area contributed by atoms with Crippen LogP contribution >= 0.6 is 0 Å². The Bertz CT molecular complexity index is 4860. The average molecular weight is 1510 g/mol. The second kappa shape index (κ2) is 39.4. The number of aromatic nitrogens is 6. The smallest absolute Gasteiger partial charge is 0.251 e. The fraction of sp³-hybridized carbons (Fsp3) is 0.398. The highest BCUT2D eigenvalue weighted by atomic mass is 19.1. The Hall–Kier alpha value is -10.6. The Kier molecular flexibility index (Phi) is 28.3. The van der Waals surface area contributed by atoms with Crippen LogP contribution in [-0.4, -0.2) is 110 Å². The Morgan fingerprint density at radius 1 is 0.468 bits per heavy atom. The third-order valence-corrected chi connectivity index (χ3v) is 21.4. The van der Waals surface area contributed by atoms with E-state index < -0.39 is 5.82 Å². The summed E-state index contributed by atoms with van der Waals surface area (Å²) < 4.78 is 44.7. The van der Waals surface area contributed by atoms with E-state index in [1.165, 1.54) is 76.3 Å². The first-order valence-corrected chi connectivity index (χ1v) is 39.6. The number of rotatable bonds is 26. The van der Waals surface area contributed by atoms with Gasteiger partial charge in [0.25, 0.3) is 23.6 Å². The molecule has 4 amide bonds. The minimum Gasteiger partial charge on any atom is -0.381 e. The molecule has 0 spiro atoms. The van der Waals surface area contributed by atoms with E-state index in [0.29, 0.717) is 121 Å². The Balaban J connectivity index is 0.000000190. The number of ether oxygens (including phenoxy) is 2. The molecule has 0 unspecified atom stereocenters. The molecule has 0 radical (unpaired) electrons. The van der Waals surface area contributed by atoms with E-state index in [1.807, 2.05) is 60.7 Å². The molecule has 2 saturated heterocycles. The molecule has 21 nitrogen and oxygen atoms in total. The summed E-state index contributed by atoms with van der Waals surface area (Å²) in [6.45, 7) is 14.0. The first-order chi connectivity index (χ1) is 54.2. The van der Waals surface area contributed by atoms with Crippen LogP contribution in [0.5, 0.6) is 0 Å². The molecular weight excluding hydrogens is 1400 g/mol. The highest BCUT2D eigenvalue weighted by Gasteiger charge is 2.26. The predicted molar refractivity (Wildman–Crippen MR) is 431 cm³/mol. The molecule has 4 aliphatic rings. The van der Waals surface area contributed by atoms with Gasteiger partial charge in [-0.1, -0.05) is 113 Å². The summed E-state index contributed by atoms with van der Waals surface area (Å²) >= 11 is 0. The average Bonchev–Trinajstić information content (AvgIpc) is 1.67. The number of hydrogen-bond acceptors (Lipinski definition) is 15. The maximum atomic E-state index is 15.1. The van der Waals surface area contributed by atoms with Crippen LogP contribution in [0.2, 0.25) is 0 Å². The number of nitrogens with one attached hydrogen (secondary N) is 7. The van der Waals surface area contributed by atoms with E-state index in [0.717, 1.165) is 105 Å². The first-order valence-electron chi connectivity index (χ1n) is 39.6. The van der Waals surface area contributed by atoms with Gasteiger partial charge in [0.1, 0.15) is 17.9 Å². The van der Waals surface area contributed by atoms with Gasteiger partial charge in [0.15, 0.2) is 11.3 Å². The molecule has 2 aliphatic heterocycles. The highest BCUT2D eigenvalue weighted by molar-refractivity contribution is 6.01. The van der Waals surface area contributed by atoms with Crippen LogP contribution in [0.4, 0.5) is 20.2 Å². The van der Waals surface area contributed by atoms with Crippen molar-refractivity contribution in [3.05, 3.63) is 225 Å². The van der Waals surface area contributed by atoms with Crippen LogP contribution < -0.4 is 43.0 Å². The van der Waals surface area contributed by atoms with Crippen molar-refractivity contribution >= 4 is 63.4 Å². The molecule has 6 aromatic carbocycles. The quantitative estimate of drug-likeness (QED) is 0.0234. The largest absolute Gasteiger partial charge is 0.381 e. The van der Waals surface area contributed by atoms with Gasteiger partial charge >= 0.3 is 0 Å². The summed E-state index contributed by atoms with van der Waals surface area (Å²) in [6, 6.07) is 39.0. The Morgan fingerprint density at radius 2 is 0.883 bits per heavy atom. The minimum atomic E-state index is -0.430. The topological polar surface area (TPSA) is 275 Å². The number of amides is 4. The molecule has 9 N–H and O–H groups in total. The van der Waals surface area contributed by atoms with E-state index >= 15 is 4.39 Å². The number of aldehydes is 1. The van der Waals surface area contributed by atoms with Gasteiger partial charge in [-0.15, -0.1) is 0 Å². The number of aryl methyl sites for hydroxylation is 4. The van der Waals surface area contributed by atoms with Gasteiger partial charge in [-0.2, -0.15) is 10.2 Å². The normalized spacial score (nSPS) is 15.0. The van der Waals surface area contributed by atoms with Crippen molar-refractivity contribution in [2.24, 2.45) is 5.73 Å². The molecule has 4 fully saturated rings. The second-order valence-electron chi connectivity index (χ2n) is 29.1. The molecule has 2 aliphatic carbocycles. The van der Waals surface area contributed by atoms with Crippen LogP contribution in [0.1, 0.15) is 209 Å². The van der Waals surface area contributed by atoms with Gasteiger partial charge in [0.05, 0.1) is 34.5 Å². The number of benzene rings is 6. The zero-order chi connectivity index (χ0) is 77.6. The van der Waals surface area contributed by atoms with Crippen molar-refractivity contribution < 1.29 is 42.2 Å². The summed E-state index contributed by atoms with van der Waals surface area (Å²) in [4.78, 5) is 74.7. The maximum Gasteiger partial charge on any atom is 0.251 e. The van der Waals surface area contributed by atoms with Gasteiger partial charge in [-0.05, 0) is 179 Å². The number of anilines is 2. The van der Waals surface area contributed by atoms with Gasteiger partial charge in [-0.3, -0.25) is 24.0 Å².